The van der Waals surface area contributed by atoms with E-state index in [2.05, 4.69) is 10.1 Å². The van der Waals surface area contributed by atoms with Crippen molar-refractivity contribution in [3.05, 3.63) is 5.82 Å². The molecule has 0 bridgehead atoms. The zero-order chi connectivity index (χ0) is 11.1. The zero-order valence-corrected chi connectivity index (χ0v) is 9.79. The molecule has 5 nitrogen and oxygen atoms in total. The molecule has 0 saturated heterocycles. The summed E-state index contributed by atoms with van der Waals surface area (Å²) in [5.41, 5.74) is 0. The molecule has 6 heteroatoms. The molecule has 0 radical (unpaired) electrons. The van der Waals surface area contributed by atoms with Crippen molar-refractivity contribution in [2.45, 2.75) is 36.8 Å². The average Bonchev–Trinajstić information content (AvgIpc) is 2.68. The lowest BCUT2D eigenvalue weighted by Crippen LogP contribution is -2.06. The Morgan fingerprint density at radius 2 is 1.93 bits per heavy atom. The molecule has 0 aliphatic heterocycles. The molecule has 84 valence electrons. The summed E-state index contributed by atoms with van der Waals surface area (Å²) in [5, 5.41) is 4.26. The highest BCUT2D eigenvalue weighted by atomic mass is 32.2. The van der Waals surface area contributed by atoms with Gasteiger partial charge in [0.15, 0.2) is 5.82 Å². The maximum atomic E-state index is 11.4. The predicted octanol–water partition coefficient (Wildman–Crippen LogP) is 0.876. The van der Waals surface area contributed by atoms with E-state index in [4.69, 9.17) is 0 Å². The monoisotopic (exact) mass is 229 g/mol. The van der Waals surface area contributed by atoms with E-state index in [-0.39, 0.29) is 5.16 Å². The van der Waals surface area contributed by atoms with Gasteiger partial charge in [-0.25, -0.2) is 18.1 Å². The maximum absolute atomic E-state index is 11.4. The Balaban J connectivity index is 2.36. The molecule has 1 saturated carbocycles. The number of hydrogen-bond donors (Lipinski definition) is 0. The van der Waals surface area contributed by atoms with Crippen molar-refractivity contribution in [2.75, 3.05) is 6.26 Å². The van der Waals surface area contributed by atoms with Crippen LogP contribution in [-0.2, 0) is 16.9 Å². The molecular formula is C9H15N3O2S. The van der Waals surface area contributed by atoms with Crippen LogP contribution in [0.3, 0.4) is 0 Å². The van der Waals surface area contributed by atoms with E-state index in [9.17, 15) is 8.42 Å². The first-order valence-electron chi connectivity index (χ1n) is 5.09. The van der Waals surface area contributed by atoms with Crippen LogP contribution in [0.5, 0.6) is 0 Å². The van der Waals surface area contributed by atoms with Crippen LogP contribution in [-0.4, -0.2) is 29.4 Å². The molecule has 1 heterocycles. The molecule has 1 aromatic rings. The molecule has 0 N–H and O–H groups in total. The van der Waals surface area contributed by atoms with Crippen molar-refractivity contribution in [3.63, 3.8) is 0 Å². The minimum atomic E-state index is -3.25. The second kappa shape index (κ2) is 3.59. The Morgan fingerprint density at radius 1 is 1.33 bits per heavy atom. The van der Waals surface area contributed by atoms with Gasteiger partial charge in [0.2, 0.25) is 15.0 Å². The molecule has 0 aromatic carbocycles. The summed E-state index contributed by atoms with van der Waals surface area (Å²) < 4.78 is 24.1. The van der Waals surface area contributed by atoms with Gasteiger partial charge in [-0.3, -0.25) is 0 Å². The molecule has 1 aromatic heterocycles. The molecule has 0 amide bonds. The fraction of sp³-hybridized carbons (Fsp3) is 0.778. The molecule has 1 aliphatic rings. The second-order valence-corrected chi connectivity index (χ2v) is 6.04. The SMILES string of the molecule is Cn1nc(C2CCCC2)nc1S(C)(=O)=O. The summed E-state index contributed by atoms with van der Waals surface area (Å²) in [6.07, 6.45) is 5.70. The standard InChI is InChI=1S/C9H15N3O2S/c1-12-9(15(2,13)14)10-8(11-12)7-5-3-4-6-7/h7H,3-6H2,1-2H3. The number of aromatic nitrogens is 3. The summed E-state index contributed by atoms with van der Waals surface area (Å²) in [6, 6.07) is 0. The van der Waals surface area contributed by atoms with Gasteiger partial charge in [-0.2, -0.15) is 5.10 Å². The van der Waals surface area contributed by atoms with Gasteiger partial charge in [0, 0.05) is 19.2 Å². The Kier molecular flexibility index (Phi) is 2.54. The van der Waals surface area contributed by atoms with Gasteiger partial charge >= 0.3 is 0 Å². The number of hydrogen-bond acceptors (Lipinski definition) is 4. The van der Waals surface area contributed by atoms with Crippen molar-refractivity contribution in [3.8, 4) is 0 Å². The summed E-state index contributed by atoms with van der Waals surface area (Å²) in [5.74, 6) is 1.04. The first kappa shape index (κ1) is 10.6. The first-order valence-corrected chi connectivity index (χ1v) is 6.98. The van der Waals surface area contributed by atoms with Crippen LogP contribution in [0.25, 0.3) is 0 Å². The quantitative estimate of drug-likeness (QED) is 0.755. The van der Waals surface area contributed by atoms with Crippen LogP contribution in [0.2, 0.25) is 0 Å². The number of nitrogens with zero attached hydrogens (tertiary/aromatic N) is 3. The third kappa shape index (κ3) is 2.04. The fourth-order valence-corrected chi connectivity index (χ4v) is 2.85. The number of sulfone groups is 1. The number of aryl methyl sites for hydroxylation is 1. The summed E-state index contributed by atoms with van der Waals surface area (Å²) in [4.78, 5) is 4.13. The van der Waals surface area contributed by atoms with Crippen molar-refractivity contribution >= 4 is 9.84 Å². The normalized spacial score (nSPS) is 18.5. The fourth-order valence-electron chi connectivity index (χ4n) is 2.07. The topological polar surface area (TPSA) is 64.8 Å². The first-order chi connectivity index (χ1) is 6.98. The zero-order valence-electron chi connectivity index (χ0n) is 8.97. The van der Waals surface area contributed by atoms with Crippen LogP contribution < -0.4 is 0 Å². The van der Waals surface area contributed by atoms with Crippen LogP contribution in [0.1, 0.15) is 37.4 Å². The Labute approximate surface area is 89.4 Å². The summed E-state index contributed by atoms with van der Waals surface area (Å²) in [6.45, 7) is 0. The van der Waals surface area contributed by atoms with E-state index in [1.165, 1.54) is 17.5 Å². The Hall–Kier alpha value is -0.910. The van der Waals surface area contributed by atoms with E-state index in [1.807, 2.05) is 0 Å². The van der Waals surface area contributed by atoms with Gasteiger partial charge in [0.25, 0.3) is 0 Å². The number of rotatable bonds is 2. The highest BCUT2D eigenvalue weighted by molar-refractivity contribution is 7.90. The van der Waals surface area contributed by atoms with Crippen molar-refractivity contribution < 1.29 is 8.42 Å². The molecule has 1 fully saturated rings. The predicted molar refractivity (Wildman–Crippen MR) is 55.3 cm³/mol. The largest absolute Gasteiger partial charge is 0.245 e. The van der Waals surface area contributed by atoms with Gasteiger partial charge < -0.3 is 0 Å². The third-order valence-electron chi connectivity index (χ3n) is 2.79. The lowest BCUT2D eigenvalue weighted by molar-refractivity contribution is 0.574. The highest BCUT2D eigenvalue weighted by Gasteiger charge is 2.24. The minimum absolute atomic E-state index is 0.0735. The maximum Gasteiger partial charge on any atom is 0.245 e. The van der Waals surface area contributed by atoms with E-state index in [0.29, 0.717) is 11.7 Å². The third-order valence-corrected chi connectivity index (χ3v) is 3.81. The lowest BCUT2D eigenvalue weighted by atomic mass is 10.1. The second-order valence-electron chi connectivity index (χ2n) is 4.13. The summed E-state index contributed by atoms with van der Waals surface area (Å²) >= 11 is 0. The van der Waals surface area contributed by atoms with Gasteiger partial charge in [-0.1, -0.05) is 12.8 Å². The molecule has 1 aliphatic carbocycles. The van der Waals surface area contributed by atoms with Gasteiger partial charge in [0.1, 0.15) is 0 Å². The Bertz CT molecular complexity index is 458. The molecule has 0 unspecified atom stereocenters. The van der Waals surface area contributed by atoms with E-state index < -0.39 is 9.84 Å². The van der Waals surface area contributed by atoms with Gasteiger partial charge in [0.05, 0.1) is 0 Å². The van der Waals surface area contributed by atoms with E-state index >= 15 is 0 Å². The lowest BCUT2D eigenvalue weighted by Gasteiger charge is -2.00. The Morgan fingerprint density at radius 3 is 2.40 bits per heavy atom. The smallest absolute Gasteiger partial charge is 0.239 e. The molecule has 0 spiro atoms. The molecule has 0 atom stereocenters. The van der Waals surface area contributed by atoms with Crippen LogP contribution in [0, 0.1) is 0 Å². The van der Waals surface area contributed by atoms with Crippen LogP contribution in [0.15, 0.2) is 5.16 Å². The van der Waals surface area contributed by atoms with Crippen molar-refractivity contribution in [1.29, 1.82) is 0 Å². The summed E-state index contributed by atoms with van der Waals surface area (Å²) in [7, 11) is -1.63. The van der Waals surface area contributed by atoms with E-state index in [1.54, 1.807) is 7.05 Å². The molecule has 15 heavy (non-hydrogen) atoms. The van der Waals surface area contributed by atoms with Gasteiger partial charge in [-0.05, 0) is 12.8 Å². The molecule has 2 rings (SSSR count). The van der Waals surface area contributed by atoms with Crippen molar-refractivity contribution in [1.82, 2.24) is 14.8 Å². The van der Waals surface area contributed by atoms with Crippen molar-refractivity contribution in [2.24, 2.45) is 7.05 Å². The highest BCUT2D eigenvalue weighted by Crippen LogP contribution is 2.32. The minimum Gasteiger partial charge on any atom is -0.239 e. The van der Waals surface area contributed by atoms with Gasteiger partial charge in [-0.15, -0.1) is 0 Å². The average molecular weight is 229 g/mol. The van der Waals surface area contributed by atoms with Crippen LogP contribution >= 0.6 is 0 Å². The molecular weight excluding hydrogens is 214 g/mol. The van der Waals surface area contributed by atoms with E-state index in [0.717, 1.165) is 19.1 Å². The van der Waals surface area contributed by atoms with Crippen LogP contribution in [0.4, 0.5) is 0 Å².